The van der Waals surface area contributed by atoms with Gasteiger partial charge in [-0.1, -0.05) is 24.6 Å². The molecular formula is C20H27N3O3. The number of aryl methyl sites for hydroxylation is 2. The summed E-state index contributed by atoms with van der Waals surface area (Å²) >= 11 is 0. The van der Waals surface area contributed by atoms with Crippen LogP contribution in [-0.2, 0) is 6.54 Å². The molecule has 2 aromatic rings. The lowest BCUT2D eigenvalue weighted by Gasteiger charge is -2.21. The molecule has 1 fully saturated rings. The van der Waals surface area contributed by atoms with Crippen LogP contribution >= 0.6 is 0 Å². The molecule has 1 aromatic heterocycles. The van der Waals surface area contributed by atoms with Crippen molar-refractivity contribution < 1.29 is 14.6 Å². The Morgan fingerprint density at radius 3 is 2.81 bits per heavy atom. The Balaban J connectivity index is 1.52. The zero-order valence-electron chi connectivity index (χ0n) is 15.4. The minimum Gasteiger partial charge on any atom is -0.488 e. The first kappa shape index (κ1) is 18.5. The van der Waals surface area contributed by atoms with Crippen molar-refractivity contribution in [2.24, 2.45) is 5.92 Å². The van der Waals surface area contributed by atoms with Gasteiger partial charge in [-0.05, 0) is 44.4 Å². The lowest BCUT2D eigenvalue weighted by molar-refractivity contribution is 0.0348. The van der Waals surface area contributed by atoms with Crippen LogP contribution in [-0.4, -0.2) is 39.5 Å². The summed E-state index contributed by atoms with van der Waals surface area (Å²) < 4.78 is 7.64. The molecule has 1 heterocycles. The minimum absolute atomic E-state index is 0.00283. The first-order valence-corrected chi connectivity index (χ1v) is 9.30. The molecule has 3 rings (SSSR count). The van der Waals surface area contributed by atoms with Gasteiger partial charge in [-0.3, -0.25) is 9.48 Å². The third kappa shape index (κ3) is 4.25. The van der Waals surface area contributed by atoms with E-state index < -0.39 is 6.10 Å². The van der Waals surface area contributed by atoms with Crippen LogP contribution in [0, 0.1) is 12.8 Å². The number of aliphatic hydroxyl groups is 1. The molecule has 26 heavy (non-hydrogen) atoms. The van der Waals surface area contributed by atoms with Gasteiger partial charge in [-0.2, -0.15) is 5.10 Å². The van der Waals surface area contributed by atoms with Crippen molar-refractivity contribution in [2.75, 3.05) is 6.54 Å². The molecule has 1 aliphatic rings. The molecule has 0 spiro atoms. The van der Waals surface area contributed by atoms with Crippen LogP contribution in [0.4, 0.5) is 0 Å². The zero-order chi connectivity index (χ0) is 18.5. The van der Waals surface area contributed by atoms with Crippen molar-refractivity contribution in [2.45, 2.75) is 51.9 Å². The molecule has 6 heteroatoms. The molecule has 1 saturated carbocycles. The van der Waals surface area contributed by atoms with Gasteiger partial charge in [0.25, 0.3) is 5.91 Å². The van der Waals surface area contributed by atoms with Crippen LogP contribution in [0.1, 0.15) is 42.2 Å². The molecule has 0 saturated heterocycles. The van der Waals surface area contributed by atoms with Crippen molar-refractivity contribution in [1.29, 1.82) is 0 Å². The number of carbonyl (C=O) groups is 1. The summed E-state index contributed by atoms with van der Waals surface area (Å²) in [6.45, 7) is 5.23. The number of hydrogen-bond donors (Lipinski definition) is 2. The third-order valence-electron chi connectivity index (χ3n) is 4.90. The Labute approximate surface area is 154 Å². The average Bonchev–Trinajstić information content (AvgIpc) is 3.23. The van der Waals surface area contributed by atoms with E-state index in [0.717, 1.165) is 25.0 Å². The minimum atomic E-state index is -0.586. The zero-order valence-corrected chi connectivity index (χ0v) is 15.4. The van der Waals surface area contributed by atoms with Crippen molar-refractivity contribution in [3.63, 3.8) is 0 Å². The molecule has 3 atom stereocenters. The van der Waals surface area contributed by atoms with Crippen molar-refractivity contribution in [1.82, 2.24) is 15.1 Å². The Morgan fingerprint density at radius 2 is 2.08 bits per heavy atom. The number of aromatic nitrogens is 2. The normalized spacial score (nSPS) is 22.3. The number of nitrogens with one attached hydrogen (secondary N) is 1. The molecule has 6 nitrogen and oxygen atoms in total. The van der Waals surface area contributed by atoms with Crippen LogP contribution in [0.2, 0.25) is 0 Å². The summed E-state index contributed by atoms with van der Waals surface area (Å²) in [4.78, 5) is 12.4. The molecule has 1 amide bonds. The highest BCUT2D eigenvalue weighted by molar-refractivity contribution is 5.92. The van der Waals surface area contributed by atoms with Crippen LogP contribution in [0.15, 0.2) is 36.5 Å². The maximum atomic E-state index is 12.4. The van der Waals surface area contributed by atoms with E-state index in [0.29, 0.717) is 18.8 Å². The van der Waals surface area contributed by atoms with E-state index in [2.05, 4.69) is 10.4 Å². The van der Waals surface area contributed by atoms with Crippen molar-refractivity contribution in [3.8, 4) is 5.75 Å². The Hall–Kier alpha value is -2.34. The number of rotatable bonds is 7. The van der Waals surface area contributed by atoms with E-state index in [9.17, 15) is 9.90 Å². The standard InChI is InChI=1S/C20H27N3O3/c1-3-12-23-17(10-11-22-23)20(25)21-13-15-6-9-18(19(15)24)26-16-7-4-14(2)5-8-16/h4-5,7-8,10-11,15,18-19,24H,3,6,9,12-13H2,1-2H3,(H,21,25)/t15-,18-,19-/m1/s1. The number of carbonyl (C=O) groups excluding carboxylic acids is 1. The highest BCUT2D eigenvalue weighted by atomic mass is 16.5. The van der Waals surface area contributed by atoms with Crippen LogP contribution in [0.3, 0.4) is 0 Å². The third-order valence-corrected chi connectivity index (χ3v) is 4.90. The van der Waals surface area contributed by atoms with Gasteiger partial charge >= 0.3 is 0 Å². The molecule has 140 valence electrons. The van der Waals surface area contributed by atoms with E-state index in [1.165, 1.54) is 5.56 Å². The fraction of sp³-hybridized carbons (Fsp3) is 0.500. The lowest BCUT2D eigenvalue weighted by atomic mass is 10.1. The van der Waals surface area contributed by atoms with Gasteiger partial charge in [0, 0.05) is 25.2 Å². The summed E-state index contributed by atoms with van der Waals surface area (Å²) in [6.07, 6.45) is 3.35. The van der Waals surface area contributed by atoms with Crippen LogP contribution < -0.4 is 10.1 Å². The molecule has 2 N–H and O–H groups in total. The topological polar surface area (TPSA) is 76.4 Å². The van der Waals surface area contributed by atoms with Gasteiger partial charge in [0.15, 0.2) is 0 Å². The summed E-state index contributed by atoms with van der Waals surface area (Å²) in [6, 6.07) is 9.55. The predicted octanol–water partition coefficient (Wildman–Crippen LogP) is 2.55. The molecule has 0 bridgehead atoms. The van der Waals surface area contributed by atoms with Crippen molar-refractivity contribution >= 4 is 5.91 Å². The maximum absolute atomic E-state index is 12.4. The summed E-state index contributed by atoms with van der Waals surface area (Å²) in [7, 11) is 0. The summed E-state index contributed by atoms with van der Waals surface area (Å²) in [5, 5.41) is 17.7. The average molecular weight is 357 g/mol. The number of amides is 1. The lowest BCUT2D eigenvalue weighted by Crippen LogP contribution is -2.37. The molecule has 1 aromatic carbocycles. The quantitative estimate of drug-likeness (QED) is 0.798. The van der Waals surface area contributed by atoms with Gasteiger partial charge in [-0.15, -0.1) is 0 Å². The number of nitrogens with zero attached hydrogens (tertiary/aromatic N) is 2. The molecule has 0 unspecified atom stereocenters. The van der Waals surface area contributed by atoms with Gasteiger partial charge < -0.3 is 15.2 Å². The van der Waals surface area contributed by atoms with E-state index in [4.69, 9.17) is 4.74 Å². The monoisotopic (exact) mass is 357 g/mol. The SMILES string of the molecule is CCCn1nccc1C(=O)NC[C@H]1CC[C@@H](Oc2ccc(C)cc2)[C@@H]1O. The fourth-order valence-corrected chi connectivity index (χ4v) is 3.40. The van der Waals surface area contributed by atoms with Gasteiger partial charge in [0.05, 0.1) is 6.10 Å². The van der Waals surface area contributed by atoms with E-state index in [1.807, 2.05) is 38.1 Å². The fourth-order valence-electron chi connectivity index (χ4n) is 3.40. The first-order valence-electron chi connectivity index (χ1n) is 9.30. The number of ether oxygens (including phenoxy) is 1. The number of benzene rings is 1. The first-order chi connectivity index (χ1) is 12.6. The second-order valence-electron chi connectivity index (χ2n) is 6.95. The van der Waals surface area contributed by atoms with E-state index in [-0.39, 0.29) is 17.9 Å². The number of hydrogen-bond acceptors (Lipinski definition) is 4. The predicted molar refractivity (Wildman–Crippen MR) is 99.2 cm³/mol. The molecular weight excluding hydrogens is 330 g/mol. The highest BCUT2D eigenvalue weighted by Crippen LogP contribution is 2.29. The van der Waals surface area contributed by atoms with Gasteiger partial charge in [-0.25, -0.2) is 0 Å². The van der Waals surface area contributed by atoms with E-state index in [1.54, 1.807) is 16.9 Å². The van der Waals surface area contributed by atoms with Crippen LogP contribution in [0.25, 0.3) is 0 Å². The largest absolute Gasteiger partial charge is 0.488 e. The Kier molecular flexibility index (Phi) is 5.93. The Morgan fingerprint density at radius 1 is 1.31 bits per heavy atom. The maximum Gasteiger partial charge on any atom is 0.269 e. The van der Waals surface area contributed by atoms with Crippen molar-refractivity contribution in [3.05, 3.63) is 47.8 Å². The summed E-state index contributed by atoms with van der Waals surface area (Å²) in [5.74, 6) is 0.621. The summed E-state index contributed by atoms with van der Waals surface area (Å²) in [5.41, 5.74) is 1.74. The van der Waals surface area contributed by atoms with E-state index >= 15 is 0 Å². The van der Waals surface area contributed by atoms with Gasteiger partial charge in [0.2, 0.25) is 0 Å². The smallest absolute Gasteiger partial charge is 0.269 e. The second kappa shape index (κ2) is 8.36. The molecule has 0 aliphatic heterocycles. The number of aliphatic hydroxyl groups excluding tert-OH is 1. The Bertz CT molecular complexity index is 726. The van der Waals surface area contributed by atoms with Gasteiger partial charge in [0.1, 0.15) is 17.5 Å². The molecule has 1 aliphatic carbocycles. The second-order valence-corrected chi connectivity index (χ2v) is 6.95. The highest BCUT2D eigenvalue weighted by Gasteiger charge is 2.36. The molecule has 0 radical (unpaired) electrons. The van der Waals surface area contributed by atoms with Crippen LogP contribution in [0.5, 0.6) is 5.75 Å².